The summed E-state index contributed by atoms with van der Waals surface area (Å²) in [6.45, 7) is -1.99. The number of amidine groups is 1. The first-order valence-electron chi connectivity index (χ1n) is 9.53. The Hall–Kier alpha value is -2.93. The highest BCUT2D eigenvalue weighted by Crippen LogP contribution is 2.50. The van der Waals surface area contributed by atoms with Crippen LogP contribution >= 0.6 is 11.8 Å². The summed E-state index contributed by atoms with van der Waals surface area (Å²) in [7, 11) is 0. The fourth-order valence-electron chi connectivity index (χ4n) is 3.57. The lowest BCUT2D eigenvalue weighted by Crippen LogP contribution is -2.52. The van der Waals surface area contributed by atoms with E-state index in [0.29, 0.717) is 0 Å². The van der Waals surface area contributed by atoms with E-state index in [1.807, 2.05) is 0 Å². The maximum absolute atomic E-state index is 15.6. The number of aliphatic imine (C=N–C) groups is 1. The van der Waals surface area contributed by atoms with E-state index in [1.165, 1.54) is 18.2 Å². The number of pyridine rings is 1. The number of carbonyl (C=O) groups excluding carboxylic acids is 1. The first-order chi connectivity index (χ1) is 15.5. The van der Waals surface area contributed by atoms with Crippen LogP contribution < -0.4 is 15.8 Å². The van der Waals surface area contributed by atoms with Crippen LogP contribution in [0.3, 0.4) is 0 Å². The Morgan fingerprint density at radius 2 is 2.06 bits per heavy atom. The van der Waals surface area contributed by atoms with Gasteiger partial charge in [-0.25, -0.2) is 18.8 Å². The number of benzene rings is 1. The lowest BCUT2D eigenvalue weighted by molar-refractivity contribution is -0.153. The number of fused-ring (bicyclic) bond motifs is 1. The van der Waals surface area contributed by atoms with Crippen molar-refractivity contribution >= 4 is 28.5 Å². The SMILES string of the molecule is NC1=N[C@@]2(c3cc(NC(=O)c4ccc(OCC(F)(F)F)cn4)ccc3F)COC[C@@]2(F)CS1. The molecule has 3 N–H and O–H groups in total. The standard InChI is InChI=1S/C20H17F5N4O3S/c21-14-3-1-11(5-13(14)19-8-31-7-18(19,22)10-33-17(26)29-19)28-16(30)15-4-2-12(6-27-15)32-9-20(23,24)25/h1-6H,7-10H2,(H2,26,29)(H,28,30)/t18-,19-/m1/s1. The summed E-state index contributed by atoms with van der Waals surface area (Å²) in [4.78, 5) is 20.5. The third kappa shape index (κ3) is 4.60. The summed E-state index contributed by atoms with van der Waals surface area (Å²) in [5.74, 6) is -1.69. The van der Waals surface area contributed by atoms with Gasteiger partial charge in [0.15, 0.2) is 23.0 Å². The minimum Gasteiger partial charge on any atom is -0.483 e. The number of halogens is 5. The zero-order valence-electron chi connectivity index (χ0n) is 16.8. The fourth-order valence-corrected chi connectivity index (χ4v) is 4.49. The van der Waals surface area contributed by atoms with E-state index in [9.17, 15) is 22.4 Å². The van der Waals surface area contributed by atoms with Crippen molar-refractivity contribution in [3.8, 4) is 5.75 Å². The van der Waals surface area contributed by atoms with Crippen LogP contribution in [0.5, 0.6) is 5.75 Å². The van der Waals surface area contributed by atoms with Gasteiger partial charge in [-0.2, -0.15) is 13.2 Å². The van der Waals surface area contributed by atoms with Gasteiger partial charge in [-0.15, -0.1) is 0 Å². The molecule has 1 fully saturated rings. The molecular weight excluding hydrogens is 471 g/mol. The quantitative estimate of drug-likeness (QED) is 0.626. The molecule has 0 radical (unpaired) electrons. The third-order valence-electron chi connectivity index (χ3n) is 5.17. The molecule has 176 valence electrons. The number of nitrogens with zero attached hydrogens (tertiary/aromatic N) is 2. The number of nitrogens with two attached hydrogens (primary N) is 1. The molecule has 13 heteroatoms. The van der Waals surface area contributed by atoms with Crippen LogP contribution in [0.2, 0.25) is 0 Å². The minimum atomic E-state index is -4.51. The molecule has 1 aromatic heterocycles. The summed E-state index contributed by atoms with van der Waals surface area (Å²) in [6.07, 6.45) is -3.54. The number of thioether (sulfide) groups is 1. The van der Waals surface area contributed by atoms with Crippen LogP contribution in [-0.4, -0.2) is 53.5 Å². The molecule has 2 aliphatic rings. The third-order valence-corrected chi connectivity index (χ3v) is 6.16. The molecule has 0 saturated carbocycles. The number of amides is 1. The van der Waals surface area contributed by atoms with E-state index in [0.717, 1.165) is 30.1 Å². The van der Waals surface area contributed by atoms with Gasteiger partial charge in [-0.3, -0.25) is 4.79 Å². The number of carbonyl (C=O) groups is 1. The summed E-state index contributed by atoms with van der Waals surface area (Å²) >= 11 is 1.01. The molecule has 4 rings (SSSR count). The van der Waals surface area contributed by atoms with Gasteiger partial charge in [0, 0.05) is 17.0 Å². The second-order valence-electron chi connectivity index (χ2n) is 7.49. The van der Waals surface area contributed by atoms with Crippen molar-refractivity contribution in [1.29, 1.82) is 0 Å². The molecule has 2 aromatic rings. The van der Waals surface area contributed by atoms with Crippen LogP contribution in [0, 0.1) is 5.82 Å². The van der Waals surface area contributed by atoms with Gasteiger partial charge in [-0.1, -0.05) is 11.8 Å². The van der Waals surface area contributed by atoms with E-state index in [2.05, 4.69) is 20.0 Å². The highest BCUT2D eigenvalue weighted by Gasteiger charge is 2.61. The number of hydrogen-bond acceptors (Lipinski definition) is 7. The second kappa shape index (κ2) is 8.45. The Kier molecular flexibility index (Phi) is 5.95. The predicted octanol–water partition coefficient (Wildman–Crippen LogP) is 3.41. The smallest absolute Gasteiger partial charge is 0.422 e. The maximum atomic E-state index is 15.6. The van der Waals surface area contributed by atoms with Gasteiger partial charge in [0.05, 0.1) is 19.4 Å². The summed E-state index contributed by atoms with van der Waals surface area (Å²) in [5, 5.41) is 2.60. The van der Waals surface area contributed by atoms with Crippen molar-refractivity contribution in [2.24, 2.45) is 10.7 Å². The average Bonchev–Trinajstić information content (AvgIpc) is 3.10. The van der Waals surface area contributed by atoms with Crippen molar-refractivity contribution in [3.63, 3.8) is 0 Å². The van der Waals surface area contributed by atoms with Crippen molar-refractivity contribution in [2.45, 2.75) is 17.4 Å². The van der Waals surface area contributed by atoms with Crippen molar-refractivity contribution in [1.82, 2.24) is 4.98 Å². The van der Waals surface area contributed by atoms with Crippen LogP contribution in [-0.2, 0) is 10.3 Å². The highest BCUT2D eigenvalue weighted by atomic mass is 32.2. The molecule has 1 amide bonds. The number of hydrogen-bond donors (Lipinski definition) is 2. The normalized spacial score (nSPS) is 24.7. The van der Waals surface area contributed by atoms with Gasteiger partial charge in [-0.05, 0) is 30.3 Å². The van der Waals surface area contributed by atoms with Crippen LogP contribution in [0.1, 0.15) is 16.1 Å². The molecule has 0 bridgehead atoms. The maximum Gasteiger partial charge on any atom is 0.422 e. The van der Waals surface area contributed by atoms with Gasteiger partial charge in [0.2, 0.25) is 0 Å². The Bertz CT molecular complexity index is 1100. The molecule has 2 atom stereocenters. The number of nitrogens with one attached hydrogen (secondary N) is 1. The van der Waals surface area contributed by atoms with E-state index in [-0.39, 0.29) is 46.8 Å². The topological polar surface area (TPSA) is 98.8 Å². The Morgan fingerprint density at radius 3 is 2.76 bits per heavy atom. The van der Waals surface area contributed by atoms with Crippen molar-refractivity contribution < 1.29 is 36.2 Å². The number of aromatic nitrogens is 1. The zero-order valence-corrected chi connectivity index (χ0v) is 17.6. The Balaban J connectivity index is 1.55. The molecule has 7 nitrogen and oxygen atoms in total. The highest BCUT2D eigenvalue weighted by molar-refractivity contribution is 8.13. The number of rotatable bonds is 5. The largest absolute Gasteiger partial charge is 0.483 e. The summed E-state index contributed by atoms with van der Waals surface area (Å²) in [6, 6.07) is 5.92. The molecule has 3 heterocycles. The molecular formula is C20H17F5N4O3S. The lowest BCUT2D eigenvalue weighted by Gasteiger charge is -2.38. The van der Waals surface area contributed by atoms with Gasteiger partial charge >= 0.3 is 6.18 Å². The lowest BCUT2D eigenvalue weighted by atomic mass is 9.79. The van der Waals surface area contributed by atoms with Gasteiger partial charge in [0.25, 0.3) is 5.91 Å². The van der Waals surface area contributed by atoms with Crippen LogP contribution in [0.15, 0.2) is 41.5 Å². The molecule has 2 aliphatic heterocycles. The van der Waals surface area contributed by atoms with E-state index < -0.39 is 35.7 Å². The molecule has 33 heavy (non-hydrogen) atoms. The number of anilines is 1. The van der Waals surface area contributed by atoms with E-state index in [1.54, 1.807) is 0 Å². The number of alkyl halides is 4. The first kappa shape index (κ1) is 23.2. The average molecular weight is 488 g/mol. The first-order valence-corrected chi connectivity index (χ1v) is 10.5. The van der Waals surface area contributed by atoms with Crippen LogP contribution in [0.25, 0.3) is 0 Å². The molecule has 0 unspecified atom stereocenters. The van der Waals surface area contributed by atoms with E-state index >= 15 is 4.39 Å². The summed E-state index contributed by atoms with van der Waals surface area (Å²) in [5.41, 5.74) is 2.00. The van der Waals surface area contributed by atoms with Gasteiger partial charge < -0.3 is 20.5 Å². The number of ether oxygens (including phenoxy) is 2. The summed E-state index contributed by atoms with van der Waals surface area (Å²) < 4.78 is 77.0. The van der Waals surface area contributed by atoms with Crippen molar-refractivity contribution in [3.05, 3.63) is 53.6 Å². The monoisotopic (exact) mass is 488 g/mol. The Morgan fingerprint density at radius 1 is 1.27 bits per heavy atom. The zero-order chi connectivity index (χ0) is 23.9. The molecule has 0 spiro atoms. The molecule has 1 saturated heterocycles. The fraction of sp³-hybridized carbons (Fsp3) is 0.350. The van der Waals surface area contributed by atoms with Crippen LogP contribution in [0.4, 0.5) is 27.6 Å². The second-order valence-corrected chi connectivity index (χ2v) is 8.48. The molecule has 0 aliphatic carbocycles. The van der Waals surface area contributed by atoms with Gasteiger partial charge in [0.1, 0.15) is 17.3 Å². The molecule has 1 aromatic carbocycles. The predicted molar refractivity (Wildman–Crippen MR) is 111 cm³/mol. The van der Waals surface area contributed by atoms with E-state index in [4.69, 9.17) is 10.5 Å². The Labute approximate surface area is 188 Å². The van der Waals surface area contributed by atoms with Crippen molar-refractivity contribution in [2.75, 3.05) is 30.9 Å². The minimum absolute atomic E-state index is 0.0644.